The molecule has 2 rings (SSSR count). The molecule has 0 aromatic carbocycles. The average Bonchev–Trinajstić information content (AvgIpc) is 2.87. The van der Waals surface area contributed by atoms with Crippen LogP contribution in [-0.2, 0) is 24.0 Å². The Hall–Kier alpha value is -0.790. The predicted molar refractivity (Wildman–Crippen MR) is 69.4 cm³/mol. The molecule has 0 spiro atoms. The number of allylic oxidation sites excluding steroid dienone is 2. The van der Waals surface area contributed by atoms with E-state index in [0.717, 1.165) is 11.9 Å². The highest BCUT2D eigenvalue weighted by Crippen LogP contribution is 2.52. The van der Waals surface area contributed by atoms with E-state index in [1.54, 1.807) is 6.92 Å². The minimum atomic E-state index is -1.20. The van der Waals surface area contributed by atoms with Crippen LogP contribution in [0.2, 0.25) is 0 Å². The van der Waals surface area contributed by atoms with E-state index in [1.165, 1.54) is 7.11 Å². The van der Waals surface area contributed by atoms with Crippen molar-refractivity contribution in [3.8, 4) is 0 Å². The van der Waals surface area contributed by atoms with Crippen molar-refractivity contribution in [2.24, 2.45) is 5.92 Å². The third kappa shape index (κ3) is 2.31. The van der Waals surface area contributed by atoms with Crippen LogP contribution in [0, 0.1) is 5.92 Å². The number of hydrogen-bond acceptors (Lipinski definition) is 6. The Morgan fingerprint density at radius 1 is 1.50 bits per heavy atom. The normalized spacial score (nSPS) is 42.0. The van der Waals surface area contributed by atoms with Crippen LogP contribution in [0.25, 0.3) is 0 Å². The predicted octanol–water partition coefficient (Wildman–Crippen LogP) is 1.33. The molecule has 114 valence electrons. The van der Waals surface area contributed by atoms with Crippen LogP contribution >= 0.6 is 0 Å². The minimum Gasteiger partial charge on any atom is -0.384 e. The highest BCUT2D eigenvalue weighted by Gasteiger charge is 2.71. The Morgan fingerprint density at radius 2 is 2.20 bits per heavy atom. The number of rotatable bonds is 6. The van der Waals surface area contributed by atoms with Crippen LogP contribution in [-0.4, -0.2) is 42.3 Å². The number of aliphatic hydroxyl groups is 1. The van der Waals surface area contributed by atoms with Crippen LogP contribution in [0.5, 0.6) is 0 Å². The van der Waals surface area contributed by atoms with Crippen LogP contribution < -0.4 is 0 Å². The van der Waals surface area contributed by atoms with Crippen molar-refractivity contribution in [1.29, 1.82) is 0 Å². The molecular weight excluding hydrogens is 264 g/mol. The SMILES string of the molecule is CO[C@@H]1[C@H](O)C2(C)OOC1([C@H](C)CC(C)=CCC=O)O2. The molecule has 2 heterocycles. The Kier molecular flexibility index (Phi) is 4.32. The maximum Gasteiger partial charge on any atom is 0.236 e. The molecule has 2 aliphatic rings. The van der Waals surface area contributed by atoms with E-state index in [9.17, 15) is 9.90 Å². The average molecular weight is 286 g/mol. The van der Waals surface area contributed by atoms with Crippen LogP contribution in [0.4, 0.5) is 0 Å². The lowest BCUT2D eigenvalue weighted by atomic mass is 9.87. The quantitative estimate of drug-likeness (QED) is 0.451. The number of carbonyl (C=O) groups excluding carboxylic acids is 1. The second-order valence-electron chi connectivity index (χ2n) is 5.67. The largest absolute Gasteiger partial charge is 0.384 e. The highest BCUT2D eigenvalue weighted by molar-refractivity contribution is 5.52. The molecule has 2 fully saturated rings. The van der Waals surface area contributed by atoms with E-state index in [4.69, 9.17) is 19.2 Å². The molecule has 0 aliphatic carbocycles. The van der Waals surface area contributed by atoms with E-state index in [1.807, 2.05) is 19.9 Å². The van der Waals surface area contributed by atoms with Gasteiger partial charge >= 0.3 is 0 Å². The Labute approximate surface area is 118 Å². The molecule has 2 bridgehead atoms. The molecule has 0 aromatic rings. The third-order valence-electron chi connectivity index (χ3n) is 4.05. The standard InChI is InChI=1S/C14H22O6/c1-9(6-5-7-15)8-10(2)14-12(17-4)11(16)13(3,18-14)19-20-14/h6-7,10-12,16H,5,8H2,1-4H3/t10-,11+,12-,13?,14?/m1/s1. The second-order valence-corrected chi connectivity index (χ2v) is 5.67. The van der Waals surface area contributed by atoms with E-state index in [0.29, 0.717) is 12.8 Å². The van der Waals surface area contributed by atoms with Crippen molar-refractivity contribution in [3.63, 3.8) is 0 Å². The molecule has 1 N–H and O–H groups in total. The van der Waals surface area contributed by atoms with Gasteiger partial charge in [0.15, 0.2) is 0 Å². The fourth-order valence-electron chi connectivity index (χ4n) is 2.92. The number of methoxy groups -OCH3 is 1. The van der Waals surface area contributed by atoms with Gasteiger partial charge in [-0.05, 0) is 20.3 Å². The van der Waals surface area contributed by atoms with E-state index in [2.05, 4.69) is 0 Å². The summed E-state index contributed by atoms with van der Waals surface area (Å²) >= 11 is 0. The van der Waals surface area contributed by atoms with Gasteiger partial charge < -0.3 is 19.4 Å². The Morgan fingerprint density at radius 3 is 2.80 bits per heavy atom. The van der Waals surface area contributed by atoms with Crippen LogP contribution in [0.3, 0.4) is 0 Å². The van der Waals surface area contributed by atoms with E-state index in [-0.39, 0.29) is 5.92 Å². The summed E-state index contributed by atoms with van der Waals surface area (Å²) in [6.07, 6.45) is 2.23. The molecule has 2 unspecified atom stereocenters. The number of aldehydes is 1. The van der Waals surface area contributed by atoms with Gasteiger partial charge in [0, 0.05) is 19.4 Å². The van der Waals surface area contributed by atoms with Gasteiger partial charge in [-0.3, -0.25) is 0 Å². The molecule has 5 atom stereocenters. The van der Waals surface area contributed by atoms with Gasteiger partial charge in [0.2, 0.25) is 11.6 Å². The molecule has 2 saturated heterocycles. The van der Waals surface area contributed by atoms with Crippen LogP contribution in [0.1, 0.15) is 33.6 Å². The lowest BCUT2D eigenvalue weighted by molar-refractivity contribution is -0.418. The molecule has 20 heavy (non-hydrogen) atoms. The molecule has 2 aliphatic heterocycles. The first-order valence-corrected chi connectivity index (χ1v) is 6.76. The zero-order valence-corrected chi connectivity index (χ0v) is 12.3. The number of ether oxygens (including phenoxy) is 2. The van der Waals surface area contributed by atoms with Gasteiger partial charge in [0.05, 0.1) is 0 Å². The fourth-order valence-corrected chi connectivity index (χ4v) is 2.92. The summed E-state index contributed by atoms with van der Waals surface area (Å²) in [7, 11) is 1.51. The Bertz CT molecular complexity index is 408. The van der Waals surface area contributed by atoms with Gasteiger partial charge in [-0.25, -0.2) is 0 Å². The smallest absolute Gasteiger partial charge is 0.236 e. The number of fused-ring (bicyclic) bond motifs is 2. The number of aliphatic hydroxyl groups excluding tert-OH is 1. The van der Waals surface area contributed by atoms with Gasteiger partial charge in [0.1, 0.15) is 18.5 Å². The van der Waals surface area contributed by atoms with Crippen molar-refractivity contribution in [2.45, 2.75) is 57.4 Å². The van der Waals surface area contributed by atoms with Gasteiger partial charge in [-0.15, -0.1) is 0 Å². The zero-order valence-electron chi connectivity index (χ0n) is 12.3. The summed E-state index contributed by atoms with van der Waals surface area (Å²) in [4.78, 5) is 20.9. The summed E-state index contributed by atoms with van der Waals surface area (Å²) in [5.74, 6) is -2.43. The molecule has 0 aromatic heterocycles. The van der Waals surface area contributed by atoms with E-state index >= 15 is 0 Å². The van der Waals surface area contributed by atoms with Crippen LogP contribution in [0.15, 0.2) is 11.6 Å². The monoisotopic (exact) mass is 286 g/mol. The van der Waals surface area contributed by atoms with Gasteiger partial charge in [0.25, 0.3) is 0 Å². The lowest BCUT2D eigenvalue weighted by Crippen LogP contribution is -2.54. The van der Waals surface area contributed by atoms with Crippen molar-refractivity contribution in [2.75, 3.05) is 7.11 Å². The van der Waals surface area contributed by atoms with Gasteiger partial charge in [-0.1, -0.05) is 18.6 Å². The molecule has 0 radical (unpaired) electrons. The zero-order chi connectivity index (χ0) is 15.0. The number of hydrogen-bond donors (Lipinski definition) is 1. The second kappa shape index (κ2) is 5.54. The molecule has 6 nitrogen and oxygen atoms in total. The minimum absolute atomic E-state index is 0.102. The summed E-state index contributed by atoms with van der Waals surface area (Å²) < 4.78 is 11.2. The highest BCUT2D eigenvalue weighted by atomic mass is 17.3. The van der Waals surface area contributed by atoms with Crippen molar-refractivity contribution in [1.82, 2.24) is 0 Å². The summed E-state index contributed by atoms with van der Waals surface area (Å²) in [5, 5.41) is 10.2. The molecular formula is C14H22O6. The Balaban J connectivity index is 2.16. The molecule has 6 heteroatoms. The molecule has 0 amide bonds. The first-order valence-electron chi connectivity index (χ1n) is 6.76. The third-order valence-corrected chi connectivity index (χ3v) is 4.05. The topological polar surface area (TPSA) is 74.2 Å². The van der Waals surface area contributed by atoms with Gasteiger partial charge in [-0.2, -0.15) is 9.78 Å². The van der Waals surface area contributed by atoms with Crippen molar-refractivity contribution in [3.05, 3.63) is 11.6 Å². The summed E-state index contributed by atoms with van der Waals surface area (Å²) in [6, 6.07) is 0. The fraction of sp³-hybridized carbons (Fsp3) is 0.786. The summed E-state index contributed by atoms with van der Waals surface area (Å²) in [6.45, 7) is 5.51. The van der Waals surface area contributed by atoms with E-state index < -0.39 is 23.8 Å². The first-order chi connectivity index (χ1) is 9.39. The maximum atomic E-state index is 10.4. The maximum absolute atomic E-state index is 10.4. The first kappa shape index (κ1) is 15.6. The van der Waals surface area contributed by atoms with Crippen molar-refractivity contribution < 1.29 is 29.1 Å². The van der Waals surface area contributed by atoms with Crippen molar-refractivity contribution >= 4 is 6.29 Å². The molecule has 0 saturated carbocycles. The summed E-state index contributed by atoms with van der Waals surface area (Å²) in [5.41, 5.74) is 1.05. The number of carbonyl (C=O) groups is 1. The lowest BCUT2D eigenvalue weighted by Gasteiger charge is -2.36.